The number of rotatable bonds is 6. The van der Waals surface area contributed by atoms with Gasteiger partial charge in [0.2, 0.25) is 10.0 Å². The molecule has 0 aliphatic heterocycles. The van der Waals surface area contributed by atoms with Crippen molar-refractivity contribution in [2.45, 2.75) is 32.2 Å². The van der Waals surface area contributed by atoms with Crippen LogP contribution in [0.3, 0.4) is 0 Å². The molecule has 3 aromatic carbocycles. The molecule has 0 atom stereocenters. The van der Waals surface area contributed by atoms with Crippen molar-refractivity contribution in [1.29, 1.82) is 0 Å². The number of aryl methyl sites for hydroxylation is 3. The van der Waals surface area contributed by atoms with Gasteiger partial charge in [-0.15, -0.1) is 0 Å². The van der Waals surface area contributed by atoms with Crippen molar-refractivity contribution in [3.05, 3.63) is 94.5 Å². The quantitative estimate of drug-likeness (QED) is 0.637. The maximum Gasteiger partial charge on any atom is 0.255 e. The first-order chi connectivity index (χ1) is 13.8. The second-order valence-electron chi connectivity index (χ2n) is 7.04. The number of sulfonamides is 1. The highest BCUT2D eigenvalue weighted by atomic mass is 32.2. The highest BCUT2D eigenvalue weighted by Crippen LogP contribution is 2.19. The highest BCUT2D eigenvalue weighted by Gasteiger charge is 2.18. The van der Waals surface area contributed by atoms with Crippen molar-refractivity contribution in [3.8, 4) is 0 Å². The van der Waals surface area contributed by atoms with Crippen LogP contribution in [0.5, 0.6) is 0 Å². The molecule has 0 unspecified atom stereocenters. The van der Waals surface area contributed by atoms with Crippen LogP contribution in [0.4, 0.5) is 5.69 Å². The van der Waals surface area contributed by atoms with E-state index in [-0.39, 0.29) is 17.3 Å². The Hall–Kier alpha value is -2.96. The fraction of sp³-hybridized carbons (Fsp3) is 0.174. The molecule has 0 fully saturated rings. The summed E-state index contributed by atoms with van der Waals surface area (Å²) < 4.78 is 28.0. The summed E-state index contributed by atoms with van der Waals surface area (Å²) in [6.07, 6.45) is 0. The van der Waals surface area contributed by atoms with Gasteiger partial charge in [-0.1, -0.05) is 42.5 Å². The van der Waals surface area contributed by atoms with Crippen LogP contribution in [-0.4, -0.2) is 14.3 Å². The molecule has 3 rings (SSSR count). The molecule has 150 valence electrons. The zero-order chi connectivity index (χ0) is 21.0. The van der Waals surface area contributed by atoms with Crippen molar-refractivity contribution >= 4 is 21.6 Å². The van der Waals surface area contributed by atoms with Gasteiger partial charge in [0.15, 0.2) is 0 Å². The minimum absolute atomic E-state index is 0.0595. The van der Waals surface area contributed by atoms with Gasteiger partial charge in [0.1, 0.15) is 0 Å². The second kappa shape index (κ2) is 8.59. The van der Waals surface area contributed by atoms with Crippen LogP contribution in [0.1, 0.15) is 32.6 Å². The standard InChI is InChI=1S/C23H24N2O3S/c1-16-9-11-20(13-18(16)3)25-23(26)22-14-21(12-10-17(22)2)29(27,28)24-15-19-7-5-4-6-8-19/h4-14,24H,15H2,1-3H3,(H,25,26). The van der Waals surface area contributed by atoms with E-state index in [1.54, 1.807) is 13.0 Å². The van der Waals surface area contributed by atoms with Crippen LogP contribution >= 0.6 is 0 Å². The summed E-state index contributed by atoms with van der Waals surface area (Å²) in [7, 11) is -3.75. The lowest BCUT2D eigenvalue weighted by Crippen LogP contribution is -2.24. The van der Waals surface area contributed by atoms with Crippen LogP contribution in [0.15, 0.2) is 71.6 Å². The van der Waals surface area contributed by atoms with Crippen molar-refractivity contribution in [3.63, 3.8) is 0 Å². The summed E-state index contributed by atoms with van der Waals surface area (Å²) in [6.45, 7) is 5.94. The Labute approximate surface area is 171 Å². The zero-order valence-corrected chi connectivity index (χ0v) is 17.5. The minimum atomic E-state index is -3.75. The van der Waals surface area contributed by atoms with Crippen LogP contribution in [0, 0.1) is 20.8 Å². The minimum Gasteiger partial charge on any atom is -0.322 e. The molecule has 5 nitrogen and oxygen atoms in total. The molecule has 3 aromatic rings. The molecule has 0 radical (unpaired) electrons. The molecule has 0 bridgehead atoms. The summed E-state index contributed by atoms with van der Waals surface area (Å²) >= 11 is 0. The number of anilines is 1. The van der Waals surface area contributed by atoms with E-state index in [1.165, 1.54) is 12.1 Å². The van der Waals surface area contributed by atoms with Gasteiger partial charge >= 0.3 is 0 Å². The predicted molar refractivity (Wildman–Crippen MR) is 116 cm³/mol. The maximum absolute atomic E-state index is 12.8. The third kappa shape index (κ3) is 5.10. The van der Waals surface area contributed by atoms with E-state index in [4.69, 9.17) is 0 Å². The monoisotopic (exact) mass is 408 g/mol. The molecule has 0 spiro atoms. The van der Waals surface area contributed by atoms with E-state index in [0.717, 1.165) is 16.7 Å². The topological polar surface area (TPSA) is 75.3 Å². The van der Waals surface area contributed by atoms with Crippen LogP contribution in [0.25, 0.3) is 0 Å². The molecule has 0 saturated heterocycles. The first-order valence-electron chi connectivity index (χ1n) is 9.29. The third-order valence-corrected chi connectivity index (χ3v) is 6.24. The molecular formula is C23H24N2O3S. The average Bonchev–Trinajstić information content (AvgIpc) is 2.70. The van der Waals surface area contributed by atoms with Crippen molar-refractivity contribution < 1.29 is 13.2 Å². The van der Waals surface area contributed by atoms with Crippen LogP contribution in [0.2, 0.25) is 0 Å². The zero-order valence-electron chi connectivity index (χ0n) is 16.7. The van der Waals surface area contributed by atoms with E-state index in [9.17, 15) is 13.2 Å². The van der Waals surface area contributed by atoms with E-state index >= 15 is 0 Å². The van der Waals surface area contributed by atoms with Gasteiger partial charge in [-0.05, 0) is 67.3 Å². The van der Waals surface area contributed by atoms with E-state index in [0.29, 0.717) is 16.8 Å². The fourth-order valence-electron chi connectivity index (χ4n) is 2.89. The third-order valence-electron chi connectivity index (χ3n) is 4.84. The summed E-state index contributed by atoms with van der Waals surface area (Å²) in [5.41, 5.74) is 4.76. The van der Waals surface area contributed by atoms with E-state index in [2.05, 4.69) is 10.0 Å². The lowest BCUT2D eigenvalue weighted by Gasteiger charge is -2.12. The Morgan fingerprint density at radius 3 is 2.21 bits per heavy atom. The van der Waals surface area contributed by atoms with Crippen molar-refractivity contribution in [1.82, 2.24) is 4.72 Å². The largest absolute Gasteiger partial charge is 0.322 e. The predicted octanol–water partition coefficient (Wildman–Crippen LogP) is 4.34. The molecule has 0 saturated carbocycles. The molecule has 0 aliphatic rings. The smallest absolute Gasteiger partial charge is 0.255 e. The number of benzene rings is 3. The first-order valence-corrected chi connectivity index (χ1v) is 10.8. The van der Waals surface area contributed by atoms with Gasteiger partial charge in [0.25, 0.3) is 5.91 Å². The van der Waals surface area contributed by atoms with Crippen LogP contribution < -0.4 is 10.0 Å². The second-order valence-corrected chi connectivity index (χ2v) is 8.81. The van der Waals surface area contributed by atoms with Gasteiger partial charge in [-0.2, -0.15) is 0 Å². The SMILES string of the molecule is Cc1ccc(NC(=O)c2cc(S(=O)(=O)NCc3ccccc3)ccc2C)cc1C. The fourth-order valence-corrected chi connectivity index (χ4v) is 3.93. The van der Waals surface area contributed by atoms with Gasteiger partial charge in [-0.3, -0.25) is 4.79 Å². The molecule has 29 heavy (non-hydrogen) atoms. The van der Waals surface area contributed by atoms with E-state index < -0.39 is 10.0 Å². The summed E-state index contributed by atoms with van der Waals surface area (Å²) in [4.78, 5) is 12.8. The summed E-state index contributed by atoms with van der Waals surface area (Å²) in [6, 6.07) is 19.5. The Kier molecular flexibility index (Phi) is 6.15. The molecule has 0 aliphatic carbocycles. The molecule has 6 heteroatoms. The van der Waals surface area contributed by atoms with Gasteiger partial charge in [0.05, 0.1) is 4.90 Å². The Balaban J connectivity index is 1.81. The molecule has 2 N–H and O–H groups in total. The van der Waals surface area contributed by atoms with Gasteiger partial charge in [-0.25, -0.2) is 13.1 Å². The highest BCUT2D eigenvalue weighted by molar-refractivity contribution is 7.89. The molecule has 1 amide bonds. The lowest BCUT2D eigenvalue weighted by molar-refractivity contribution is 0.102. The van der Waals surface area contributed by atoms with E-state index in [1.807, 2.05) is 62.4 Å². The number of nitrogens with one attached hydrogen (secondary N) is 2. The van der Waals surface area contributed by atoms with Gasteiger partial charge < -0.3 is 5.32 Å². The van der Waals surface area contributed by atoms with Crippen molar-refractivity contribution in [2.24, 2.45) is 0 Å². The Morgan fingerprint density at radius 1 is 0.828 bits per heavy atom. The molecular weight excluding hydrogens is 384 g/mol. The molecule has 0 aromatic heterocycles. The number of carbonyl (C=O) groups is 1. The van der Waals surface area contributed by atoms with Crippen LogP contribution in [-0.2, 0) is 16.6 Å². The number of hydrogen-bond donors (Lipinski definition) is 2. The number of carbonyl (C=O) groups excluding carboxylic acids is 1. The Bertz CT molecular complexity index is 1140. The summed E-state index contributed by atoms with van der Waals surface area (Å²) in [5, 5.41) is 2.85. The number of amides is 1. The lowest BCUT2D eigenvalue weighted by atomic mass is 10.1. The van der Waals surface area contributed by atoms with Crippen molar-refractivity contribution in [2.75, 3.05) is 5.32 Å². The first kappa shape index (κ1) is 20.8. The normalized spacial score (nSPS) is 11.3. The van der Waals surface area contributed by atoms with Gasteiger partial charge in [0, 0.05) is 17.8 Å². The molecule has 0 heterocycles. The summed E-state index contributed by atoms with van der Waals surface area (Å²) in [5.74, 6) is -0.342. The Morgan fingerprint density at radius 2 is 1.52 bits per heavy atom. The number of hydrogen-bond acceptors (Lipinski definition) is 3. The maximum atomic E-state index is 12.8. The average molecular weight is 409 g/mol.